The lowest BCUT2D eigenvalue weighted by molar-refractivity contribution is 0.0627. The lowest BCUT2D eigenvalue weighted by Gasteiger charge is -2.32. The van der Waals surface area contributed by atoms with Crippen LogP contribution in [0.15, 0.2) is 24.3 Å². The Morgan fingerprint density at radius 1 is 1.25 bits per heavy atom. The van der Waals surface area contributed by atoms with Crippen molar-refractivity contribution in [2.24, 2.45) is 18.9 Å². The summed E-state index contributed by atoms with van der Waals surface area (Å²) in [5, 5.41) is 4.40. The molecule has 1 fully saturated rings. The number of carbonyl (C=O) groups is 2. The monoisotopic (exact) mass is 389 g/mol. The molecule has 1 saturated heterocycles. The molecule has 0 spiro atoms. The van der Waals surface area contributed by atoms with E-state index in [1.54, 1.807) is 22.7 Å². The third-order valence-electron chi connectivity index (χ3n) is 5.04. The maximum atomic E-state index is 14.0. The molecular weight excluding hydrogens is 364 g/mol. The minimum absolute atomic E-state index is 0.192. The van der Waals surface area contributed by atoms with E-state index < -0.39 is 23.3 Å². The maximum absolute atomic E-state index is 14.0. The number of rotatable bonds is 5. The number of hydrogen-bond acceptors (Lipinski definition) is 3. The van der Waals surface area contributed by atoms with Gasteiger partial charge in [-0.15, -0.1) is 0 Å². The number of Topliss-reactive ketones (excluding diaryl/α,β-unsaturated/α-hetero) is 1. The Hall–Kier alpha value is -2.57. The molecule has 1 aliphatic rings. The number of aromatic nitrogens is 2. The molecular formula is C21H25F2N3O2. The number of nitrogens with zero attached hydrogens (tertiary/aromatic N) is 3. The maximum Gasteiger partial charge on any atom is 0.272 e. The van der Waals surface area contributed by atoms with Gasteiger partial charge >= 0.3 is 0 Å². The van der Waals surface area contributed by atoms with E-state index in [0.29, 0.717) is 31.0 Å². The van der Waals surface area contributed by atoms with E-state index in [2.05, 4.69) is 18.9 Å². The normalized spacial score (nSPS) is 17.2. The molecule has 1 aliphatic heterocycles. The zero-order chi connectivity index (χ0) is 20.4. The number of aryl methyl sites for hydroxylation is 1. The van der Waals surface area contributed by atoms with Crippen molar-refractivity contribution in [1.82, 2.24) is 14.7 Å². The second-order valence-corrected chi connectivity index (χ2v) is 7.82. The van der Waals surface area contributed by atoms with Gasteiger partial charge in [0.05, 0.1) is 11.3 Å². The molecule has 28 heavy (non-hydrogen) atoms. The van der Waals surface area contributed by atoms with E-state index >= 15 is 0 Å². The Morgan fingerprint density at radius 2 is 2.00 bits per heavy atom. The summed E-state index contributed by atoms with van der Waals surface area (Å²) >= 11 is 0. The summed E-state index contributed by atoms with van der Waals surface area (Å²) in [4.78, 5) is 27.3. The van der Waals surface area contributed by atoms with Gasteiger partial charge in [0.25, 0.3) is 5.91 Å². The summed E-state index contributed by atoms with van der Waals surface area (Å²) in [6, 6.07) is 4.66. The molecule has 0 unspecified atom stereocenters. The molecule has 1 atom stereocenters. The van der Waals surface area contributed by atoms with Crippen LogP contribution in [0, 0.1) is 23.5 Å². The van der Waals surface area contributed by atoms with Crippen LogP contribution in [-0.4, -0.2) is 39.5 Å². The molecule has 2 aromatic rings. The van der Waals surface area contributed by atoms with Crippen molar-refractivity contribution in [2.75, 3.05) is 13.1 Å². The molecule has 3 rings (SSSR count). The Balaban J connectivity index is 1.76. The molecule has 5 nitrogen and oxygen atoms in total. The summed E-state index contributed by atoms with van der Waals surface area (Å²) in [5.74, 6) is -2.16. The van der Waals surface area contributed by atoms with Crippen molar-refractivity contribution in [2.45, 2.75) is 33.1 Å². The van der Waals surface area contributed by atoms with Crippen LogP contribution in [0.2, 0.25) is 0 Å². The average Bonchev–Trinajstić information content (AvgIpc) is 3.02. The molecule has 1 aromatic heterocycles. The van der Waals surface area contributed by atoms with Crippen molar-refractivity contribution in [3.63, 3.8) is 0 Å². The number of halogens is 2. The number of hydrogen-bond donors (Lipinski definition) is 0. The van der Waals surface area contributed by atoms with Crippen LogP contribution < -0.4 is 0 Å². The highest BCUT2D eigenvalue weighted by atomic mass is 19.1. The van der Waals surface area contributed by atoms with E-state index in [0.717, 1.165) is 30.3 Å². The summed E-state index contributed by atoms with van der Waals surface area (Å²) in [5.41, 5.74) is 1.08. The van der Waals surface area contributed by atoms with Gasteiger partial charge < -0.3 is 4.90 Å². The first-order chi connectivity index (χ1) is 13.3. The summed E-state index contributed by atoms with van der Waals surface area (Å²) in [6.45, 7) is 4.89. The van der Waals surface area contributed by atoms with Gasteiger partial charge in [0.15, 0.2) is 5.78 Å². The number of likely N-dealkylation sites (tertiary alicyclic amines) is 1. The van der Waals surface area contributed by atoms with Crippen molar-refractivity contribution in [3.8, 4) is 0 Å². The van der Waals surface area contributed by atoms with Gasteiger partial charge in [-0.1, -0.05) is 13.8 Å². The fraction of sp³-hybridized carbons (Fsp3) is 0.476. The summed E-state index contributed by atoms with van der Waals surface area (Å²) in [7, 11) is 1.73. The molecule has 0 N–H and O–H groups in total. The van der Waals surface area contributed by atoms with Crippen molar-refractivity contribution < 1.29 is 18.4 Å². The third kappa shape index (κ3) is 4.29. The number of amides is 1. The number of carbonyl (C=O) groups excluding carboxylic acids is 2. The van der Waals surface area contributed by atoms with Crippen LogP contribution in [0.1, 0.15) is 53.2 Å². The quantitative estimate of drug-likeness (QED) is 0.734. The number of ketones is 1. The molecule has 0 radical (unpaired) electrons. The molecule has 0 bridgehead atoms. The fourth-order valence-electron chi connectivity index (χ4n) is 3.69. The SMILES string of the molecule is CC(C)Cc1cc(C(=O)N2CCC[C@H](C(=O)c3cc(F)ccc3F)C2)n(C)n1. The Kier molecular flexibility index (Phi) is 5.91. The first-order valence-corrected chi connectivity index (χ1v) is 9.57. The lowest BCUT2D eigenvalue weighted by atomic mass is 9.89. The third-order valence-corrected chi connectivity index (χ3v) is 5.04. The van der Waals surface area contributed by atoms with E-state index in [1.807, 2.05) is 0 Å². The Labute approximate surface area is 163 Å². The van der Waals surface area contributed by atoms with Crippen LogP contribution in [-0.2, 0) is 13.5 Å². The van der Waals surface area contributed by atoms with Gasteiger partial charge in [-0.2, -0.15) is 5.10 Å². The molecule has 7 heteroatoms. The minimum atomic E-state index is -0.736. The highest BCUT2D eigenvalue weighted by Crippen LogP contribution is 2.24. The average molecular weight is 389 g/mol. The van der Waals surface area contributed by atoms with Gasteiger partial charge in [-0.3, -0.25) is 14.3 Å². The number of benzene rings is 1. The predicted molar refractivity (Wildman–Crippen MR) is 101 cm³/mol. The molecule has 150 valence electrons. The molecule has 1 aromatic carbocycles. The molecule has 1 amide bonds. The minimum Gasteiger partial charge on any atom is -0.337 e. The first kappa shape index (κ1) is 20.2. The second kappa shape index (κ2) is 8.20. The summed E-state index contributed by atoms with van der Waals surface area (Å²) < 4.78 is 29.0. The van der Waals surface area contributed by atoms with Gasteiger partial charge in [0.1, 0.15) is 17.3 Å². The van der Waals surface area contributed by atoms with Gasteiger partial charge in [-0.05, 0) is 49.4 Å². The zero-order valence-corrected chi connectivity index (χ0v) is 16.4. The van der Waals surface area contributed by atoms with Gasteiger partial charge in [0.2, 0.25) is 0 Å². The standard InChI is InChI=1S/C21H25F2N3O2/c1-13(2)9-16-11-19(25(3)24-16)21(28)26-8-4-5-14(12-26)20(27)17-10-15(22)6-7-18(17)23/h6-7,10-11,13-14H,4-5,8-9,12H2,1-3H3/t14-/m0/s1. The van der Waals surface area contributed by atoms with E-state index in [4.69, 9.17) is 0 Å². The van der Waals surface area contributed by atoms with Crippen molar-refractivity contribution in [1.29, 1.82) is 0 Å². The van der Waals surface area contributed by atoms with Crippen LogP contribution in [0.5, 0.6) is 0 Å². The van der Waals surface area contributed by atoms with E-state index in [9.17, 15) is 18.4 Å². The molecule has 0 aliphatic carbocycles. The Morgan fingerprint density at radius 3 is 2.71 bits per heavy atom. The Bertz CT molecular complexity index is 892. The zero-order valence-electron chi connectivity index (χ0n) is 16.4. The fourth-order valence-corrected chi connectivity index (χ4v) is 3.69. The second-order valence-electron chi connectivity index (χ2n) is 7.82. The van der Waals surface area contributed by atoms with Crippen molar-refractivity contribution in [3.05, 3.63) is 52.9 Å². The summed E-state index contributed by atoms with van der Waals surface area (Å²) in [6.07, 6.45) is 1.96. The highest BCUT2D eigenvalue weighted by molar-refractivity contribution is 5.99. The highest BCUT2D eigenvalue weighted by Gasteiger charge is 2.32. The number of piperidine rings is 1. The van der Waals surface area contributed by atoms with Crippen LogP contribution in [0.25, 0.3) is 0 Å². The first-order valence-electron chi connectivity index (χ1n) is 9.57. The van der Waals surface area contributed by atoms with Gasteiger partial charge in [0, 0.05) is 26.1 Å². The van der Waals surface area contributed by atoms with E-state index in [-0.39, 0.29) is 18.0 Å². The van der Waals surface area contributed by atoms with Crippen LogP contribution in [0.3, 0.4) is 0 Å². The van der Waals surface area contributed by atoms with E-state index in [1.165, 1.54) is 0 Å². The predicted octanol–water partition coefficient (Wildman–Crippen LogP) is 3.63. The van der Waals surface area contributed by atoms with Crippen LogP contribution >= 0.6 is 0 Å². The largest absolute Gasteiger partial charge is 0.337 e. The topological polar surface area (TPSA) is 55.2 Å². The smallest absolute Gasteiger partial charge is 0.272 e. The lowest BCUT2D eigenvalue weighted by Crippen LogP contribution is -2.43. The van der Waals surface area contributed by atoms with Crippen molar-refractivity contribution >= 4 is 11.7 Å². The molecule has 0 saturated carbocycles. The van der Waals surface area contributed by atoms with Gasteiger partial charge in [-0.25, -0.2) is 8.78 Å². The molecule has 2 heterocycles. The van der Waals surface area contributed by atoms with Crippen LogP contribution in [0.4, 0.5) is 8.78 Å².